The molecule has 0 aliphatic carbocycles. The molecule has 2 atom stereocenters. The zero-order chi connectivity index (χ0) is 25.7. The van der Waals surface area contributed by atoms with Crippen LogP contribution in [0.25, 0.3) is 16.7 Å². The van der Waals surface area contributed by atoms with Crippen LogP contribution in [0.1, 0.15) is 17.3 Å². The summed E-state index contributed by atoms with van der Waals surface area (Å²) in [6.07, 6.45) is 0.276. The van der Waals surface area contributed by atoms with E-state index in [-0.39, 0.29) is 42.6 Å². The second-order valence-electron chi connectivity index (χ2n) is 8.16. The third kappa shape index (κ3) is 3.72. The standard InChI is InChI=1S/C23H17F3N4O6/c1-2-35-23(34)18-12-7-29(9-17(12)36-28-18)21-15(26)6-11-19(31)13(22(32)33)8-30(20(11)27-21)16-4-3-10(24)5-14(16)25/h3-6,8,12,17H,2,7,9H2,1H3,(H,32,33). The van der Waals surface area contributed by atoms with Crippen molar-refractivity contribution in [3.05, 3.63) is 63.7 Å². The average Bonchev–Trinajstić information content (AvgIpc) is 3.40. The highest BCUT2D eigenvalue weighted by Gasteiger charge is 2.46. The van der Waals surface area contributed by atoms with Gasteiger partial charge in [0.2, 0.25) is 5.43 Å². The lowest BCUT2D eigenvalue weighted by Gasteiger charge is -2.20. The molecule has 2 unspecified atom stereocenters. The van der Waals surface area contributed by atoms with Crippen molar-refractivity contribution in [3.63, 3.8) is 0 Å². The van der Waals surface area contributed by atoms with Gasteiger partial charge in [0.1, 0.15) is 17.2 Å². The molecule has 1 N–H and O–H groups in total. The van der Waals surface area contributed by atoms with Gasteiger partial charge < -0.3 is 19.6 Å². The van der Waals surface area contributed by atoms with E-state index in [4.69, 9.17) is 9.57 Å². The van der Waals surface area contributed by atoms with E-state index < -0.39 is 57.8 Å². The monoisotopic (exact) mass is 502 g/mol. The first-order valence-corrected chi connectivity index (χ1v) is 10.8. The number of pyridine rings is 2. The molecule has 1 fully saturated rings. The first-order chi connectivity index (χ1) is 17.2. The molecular formula is C23H17F3N4O6. The summed E-state index contributed by atoms with van der Waals surface area (Å²) in [7, 11) is 0. The zero-order valence-corrected chi connectivity index (χ0v) is 18.6. The van der Waals surface area contributed by atoms with Crippen LogP contribution < -0.4 is 10.3 Å². The summed E-state index contributed by atoms with van der Waals surface area (Å²) in [6, 6.07) is 3.39. The predicted molar refractivity (Wildman–Crippen MR) is 119 cm³/mol. The summed E-state index contributed by atoms with van der Waals surface area (Å²) in [5.41, 5.74) is -2.26. The molecule has 186 valence electrons. The maximum Gasteiger partial charge on any atom is 0.356 e. The number of carboxylic acid groups (broad SMARTS) is 1. The summed E-state index contributed by atoms with van der Waals surface area (Å²) in [6.45, 7) is 1.95. The highest BCUT2D eigenvalue weighted by molar-refractivity contribution is 6.37. The second-order valence-corrected chi connectivity index (χ2v) is 8.16. The van der Waals surface area contributed by atoms with Crippen molar-refractivity contribution in [2.24, 2.45) is 11.1 Å². The number of hydrogen-bond acceptors (Lipinski definition) is 8. The van der Waals surface area contributed by atoms with Gasteiger partial charge in [-0.25, -0.2) is 27.7 Å². The largest absolute Gasteiger partial charge is 0.477 e. The Bertz CT molecular complexity index is 1520. The molecule has 2 aromatic heterocycles. The smallest absolute Gasteiger partial charge is 0.356 e. The van der Waals surface area contributed by atoms with Crippen LogP contribution in [0.2, 0.25) is 0 Å². The van der Waals surface area contributed by atoms with E-state index in [2.05, 4.69) is 10.1 Å². The van der Waals surface area contributed by atoms with Gasteiger partial charge in [-0.2, -0.15) is 0 Å². The molecule has 2 aliphatic rings. The predicted octanol–water partition coefficient (Wildman–Crippen LogP) is 2.26. The molecule has 1 saturated heterocycles. The van der Waals surface area contributed by atoms with Crippen LogP contribution in [0.5, 0.6) is 0 Å². The Hall–Kier alpha value is -4.42. The summed E-state index contributed by atoms with van der Waals surface area (Å²) in [5.74, 6) is -5.89. The molecule has 10 nitrogen and oxygen atoms in total. The van der Waals surface area contributed by atoms with Crippen molar-refractivity contribution >= 4 is 34.5 Å². The van der Waals surface area contributed by atoms with E-state index in [0.717, 1.165) is 29.0 Å². The summed E-state index contributed by atoms with van der Waals surface area (Å²) in [5, 5.41) is 12.8. The average molecular weight is 502 g/mol. The van der Waals surface area contributed by atoms with E-state index in [0.29, 0.717) is 6.07 Å². The molecular weight excluding hydrogens is 485 g/mol. The highest BCUT2D eigenvalue weighted by atomic mass is 19.1. The summed E-state index contributed by atoms with van der Waals surface area (Å²) < 4.78 is 49.3. The number of aromatic nitrogens is 2. The molecule has 0 saturated carbocycles. The van der Waals surface area contributed by atoms with Gasteiger partial charge >= 0.3 is 11.9 Å². The fraction of sp³-hybridized carbons (Fsp3) is 0.261. The zero-order valence-electron chi connectivity index (χ0n) is 18.6. The maximum atomic E-state index is 15.2. The van der Waals surface area contributed by atoms with Gasteiger partial charge in [-0.15, -0.1) is 0 Å². The highest BCUT2D eigenvalue weighted by Crippen LogP contribution is 2.33. The fourth-order valence-electron chi connectivity index (χ4n) is 4.35. The number of carboxylic acids is 1. The van der Waals surface area contributed by atoms with Gasteiger partial charge in [0.25, 0.3) is 0 Å². The van der Waals surface area contributed by atoms with Crippen LogP contribution in [-0.4, -0.2) is 58.1 Å². The van der Waals surface area contributed by atoms with Crippen LogP contribution >= 0.6 is 0 Å². The van der Waals surface area contributed by atoms with Gasteiger partial charge in [0.05, 0.1) is 30.1 Å². The Morgan fingerprint density at radius 3 is 2.67 bits per heavy atom. The molecule has 36 heavy (non-hydrogen) atoms. The molecule has 1 aromatic carbocycles. The number of fused-ring (bicyclic) bond motifs is 2. The number of anilines is 1. The van der Waals surface area contributed by atoms with E-state index in [1.165, 1.54) is 4.90 Å². The normalized spacial score (nSPS) is 18.7. The van der Waals surface area contributed by atoms with Gasteiger partial charge in [-0.3, -0.25) is 9.36 Å². The van der Waals surface area contributed by atoms with E-state index in [9.17, 15) is 28.3 Å². The number of ether oxygens (including phenoxy) is 1. The first kappa shape index (κ1) is 23.3. The molecule has 13 heteroatoms. The number of halogens is 3. The third-order valence-electron chi connectivity index (χ3n) is 6.00. The number of nitrogens with zero attached hydrogens (tertiary/aromatic N) is 4. The number of aromatic carboxylic acids is 1. The molecule has 0 radical (unpaired) electrons. The Balaban J connectivity index is 1.64. The maximum absolute atomic E-state index is 15.2. The van der Waals surface area contributed by atoms with Gasteiger partial charge in [-0.05, 0) is 25.1 Å². The number of rotatable bonds is 5. The van der Waals surface area contributed by atoms with Crippen LogP contribution in [0.4, 0.5) is 19.0 Å². The number of oxime groups is 1. The molecule has 0 bridgehead atoms. The second kappa shape index (κ2) is 8.66. The third-order valence-corrected chi connectivity index (χ3v) is 6.00. The van der Waals surface area contributed by atoms with Crippen LogP contribution in [-0.2, 0) is 14.4 Å². The lowest BCUT2D eigenvalue weighted by atomic mass is 10.0. The topological polar surface area (TPSA) is 123 Å². The Labute approximate surface area is 200 Å². The van der Waals surface area contributed by atoms with Crippen molar-refractivity contribution in [3.8, 4) is 5.69 Å². The van der Waals surface area contributed by atoms with Gasteiger partial charge in [0, 0.05) is 18.8 Å². The molecule has 5 rings (SSSR count). The van der Waals surface area contributed by atoms with Crippen molar-refractivity contribution in [2.75, 3.05) is 24.6 Å². The molecule has 2 aliphatic heterocycles. The lowest BCUT2D eigenvalue weighted by Crippen LogP contribution is -2.30. The summed E-state index contributed by atoms with van der Waals surface area (Å²) >= 11 is 0. The van der Waals surface area contributed by atoms with Crippen LogP contribution in [0, 0.1) is 23.4 Å². The van der Waals surface area contributed by atoms with E-state index >= 15 is 4.39 Å². The van der Waals surface area contributed by atoms with Crippen molar-refractivity contribution < 1.29 is 37.4 Å². The van der Waals surface area contributed by atoms with E-state index in [1.54, 1.807) is 6.92 Å². The molecule has 3 aromatic rings. The van der Waals surface area contributed by atoms with Crippen molar-refractivity contribution in [2.45, 2.75) is 13.0 Å². The Morgan fingerprint density at radius 1 is 1.19 bits per heavy atom. The summed E-state index contributed by atoms with van der Waals surface area (Å²) in [4.78, 5) is 47.6. The Morgan fingerprint density at radius 2 is 1.97 bits per heavy atom. The lowest BCUT2D eigenvalue weighted by molar-refractivity contribution is -0.135. The van der Waals surface area contributed by atoms with Gasteiger partial charge in [-0.1, -0.05) is 5.16 Å². The van der Waals surface area contributed by atoms with Crippen molar-refractivity contribution in [1.29, 1.82) is 0 Å². The molecule has 0 amide bonds. The first-order valence-electron chi connectivity index (χ1n) is 10.8. The minimum Gasteiger partial charge on any atom is -0.477 e. The van der Waals surface area contributed by atoms with Crippen LogP contribution in [0.15, 0.2) is 40.4 Å². The number of hydrogen-bond donors (Lipinski definition) is 1. The number of carbonyl (C=O) groups is 2. The Kier molecular flexibility index (Phi) is 5.61. The minimum absolute atomic E-state index is 0.0574. The SMILES string of the molecule is CCOC(=O)C1=NOC2CN(c3nc4c(cc3F)c(=O)c(C(=O)O)cn4-c3ccc(F)cc3F)CC12. The number of carbonyl (C=O) groups excluding carboxylic acids is 1. The molecule has 0 spiro atoms. The van der Waals surface area contributed by atoms with Crippen LogP contribution in [0.3, 0.4) is 0 Å². The number of esters is 1. The quantitative estimate of drug-likeness (QED) is 0.527. The van der Waals surface area contributed by atoms with Gasteiger partial charge in [0.15, 0.2) is 29.1 Å². The molecule has 4 heterocycles. The number of benzene rings is 1. The minimum atomic E-state index is -1.61. The van der Waals surface area contributed by atoms with E-state index in [1.807, 2.05) is 0 Å². The van der Waals surface area contributed by atoms with Crippen molar-refractivity contribution in [1.82, 2.24) is 9.55 Å². The fourth-order valence-corrected chi connectivity index (χ4v) is 4.35.